The summed E-state index contributed by atoms with van der Waals surface area (Å²) in [5, 5.41) is 15.2. The Labute approximate surface area is 194 Å². The average molecular weight is 451 g/mol. The van der Waals surface area contributed by atoms with Crippen molar-refractivity contribution in [2.45, 2.75) is 19.4 Å². The van der Waals surface area contributed by atoms with Gasteiger partial charge in [-0.3, -0.25) is 9.59 Å². The van der Waals surface area contributed by atoms with Crippen LogP contribution in [0, 0.1) is 0 Å². The number of carbonyl (C=O) groups excluding carboxylic acids is 1. The molecular weight excluding hydrogens is 430 g/mol. The van der Waals surface area contributed by atoms with Gasteiger partial charge in [0.25, 0.3) is 5.56 Å². The van der Waals surface area contributed by atoms with Gasteiger partial charge in [-0.05, 0) is 23.6 Å². The normalized spacial score (nSPS) is 12.1. The van der Waals surface area contributed by atoms with Crippen molar-refractivity contribution in [1.82, 2.24) is 14.8 Å². The number of H-pyrrole nitrogens is 1. The van der Waals surface area contributed by atoms with Gasteiger partial charge in [0.15, 0.2) is 11.5 Å². The number of fused-ring (bicyclic) bond motifs is 2. The lowest BCUT2D eigenvalue weighted by Crippen LogP contribution is -2.34. The van der Waals surface area contributed by atoms with Crippen LogP contribution in [0.5, 0.6) is 0 Å². The minimum Gasteiger partial charge on any atom is -0.476 e. The van der Waals surface area contributed by atoms with Crippen LogP contribution in [-0.4, -0.2) is 31.6 Å². The number of hydrogen-bond acceptors (Lipinski definition) is 4. The Balaban J connectivity index is 1.79. The Morgan fingerprint density at radius 3 is 2.32 bits per heavy atom. The molecule has 0 aliphatic carbocycles. The molecule has 5 aromatic rings. The fourth-order valence-electron chi connectivity index (χ4n) is 4.44. The quantitative estimate of drug-likeness (QED) is 0.367. The van der Waals surface area contributed by atoms with Gasteiger partial charge in [-0.15, -0.1) is 0 Å². The highest BCUT2D eigenvalue weighted by molar-refractivity contribution is 6.11. The summed E-state index contributed by atoms with van der Waals surface area (Å²) in [6.07, 6.45) is 2.44. The Bertz CT molecular complexity index is 1620. The van der Waals surface area contributed by atoms with Crippen LogP contribution >= 0.6 is 0 Å². The van der Waals surface area contributed by atoms with Crippen molar-refractivity contribution in [3.8, 4) is 0 Å². The first-order valence-corrected chi connectivity index (χ1v) is 10.9. The summed E-state index contributed by atoms with van der Waals surface area (Å²) in [5.74, 6) is -1.63. The predicted molar refractivity (Wildman–Crippen MR) is 130 cm³/mol. The number of nitrogens with zero attached hydrogens (tertiary/aromatic N) is 2. The number of benzene rings is 3. The van der Waals surface area contributed by atoms with Crippen molar-refractivity contribution in [2.75, 3.05) is 0 Å². The van der Waals surface area contributed by atoms with E-state index >= 15 is 0 Å². The predicted octanol–water partition coefficient (Wildman–Crippen LogP) is 4.61. The zero-order chi connectivity index (χ0) is 23.8. The maximum absolute atomic E-state index is 14.0. The molecule has 1 unspecified atom stereocenters. The van der Waals surface area contributed by atoms with E-state index in [0.717, 1.165) is 27.6 Å². The van der Waals surface area contributed by atoms with Crippen LogP contribution in [0.1, 0.15) is 44.9 Å². The van der Waals surface area contributed by atoms with E-state index in [-0.39, 0.29) is 22.2 Å². The molecule has 7 heteroatoms. The molecule has 2 aromatic heterocycles. The minimum absolute atomic E-state index is 0.191. The standard InChI is InChI=1S/C27H21N3O4/c1-2-16-11-8-14-19-21(15-28-22(16)19)25(31)24(17-9-4-3-5-10-17)30-26(32)20-13-7-6-12-18(20)23(29-30)27(33)34/h3-15,24,28H,2H2,1H3,(H,33,34). The van der Waals surface area contributed by atoms with Gasteiger partial charge in [-0.1, -0.05) is 73.7 Å². The van der Waals surface area contributed by atoms with E-state index in [0.29, 0.717) is 11.1 Å². The number of Topliss-reactive ketones (excluding diaryl/α,β-unsaturated/α-hetero) is 1. The van der Waals surface area contributed by atoms with E-state index in [4.69, 9.17) is 0 Å². The maximum atomic E-state index is 14.0. The largest absolute Gasteiger partial charge is 0.476 e. The van der Waals surface area contributed by atoms with E-state index in [9.17, 15) is 19.5 Å². The number of ketones is 1. The summed E-state index contributed by atoms with van der Waals surface area (Å²) >= 11 is 0. The lowest BCUT2D eigenvalue weighted by molar-refractivity contribution is 0.0687. The summed E-state index contributed by atoms with van der Waals surface area (Å²) < 4.78 is 1.01. The lowest BCUT2D eigenvalue weighted by atomic mass is 9.96. The van der Waals surface area contributed by atoms with Gasteiger partial charge < -0.3 is 10.1 Å². The van der Waals surface area contributed by atoms with Crippen LogP contribution in [0.4, 0.5) is 0 Å². The molecule has 0 aliphatic rings. The highest BCUT2D eigenvalue weighted by Gasteiger charge is 2.30. The van der Waals surface area contributed by atoms with Gasteiger partial charge >= 0.3 is 5.97 Å². The van der Waals surface area contributed by atoms with E-state index in [2.05, 4.69) is 10.1 Å². The molecule has 2 heterocycles. The molecule has 0 bridgehead atoms. The Hall–Kier alpha value is -4.52. The number of aryl methyl sites for hydroxylation is 1. The number of rotatable bonds is 6. The second-order valence-corrected chi connectivity index (χ2v) is 8.02. The molecule has 34 heavy (non-hydrogen) atoms. The Kier molecular flexibility index (Phi) is 5.30. The van der Waals surface area contributed by atoms with Crippen LogP contribution < -0.4 is 5.56 Å². The first kappa shape index (κ1) is 21.3. The molecule has 168 valence electrons. The van der Waals surface area contributed by atoms with Gasteiger partial charge in [0.1, 0.15) is 6.04 Å². The third-order valence-electron chi connectivity index (χ3n) is 6.09. The third kappa shape index (κ3) is 3.38. The topological polar surface area (TPSA) is 105 Å². The number of hydrogen-bond donors (Lipinski definition) is 2. The van der Waals surface area contributed by atoms with Gasteiger partial charge in [0.05, 0.1) is 5.39 Å². The molecule has 0 saturated carbocycles. The second-order valence-electron chi connectivity index (χ2n) is 8.02. The smallest absolute Gasteiger partial charge is 0.357 e. The number of aromatic nitrogens is 3. The molecule has 0 aliphatic heterocycles. The van der Waals surface area contributed by atoms with Crippen molar-refractivity contribution in [3.05, 3.63) is 112 Å². The zero-order valence-corrected chi connectivity index (χ0v) is 18.4. The average Bonchev–Trinajstić information content (AvgIpc) is 3.30. The van der Waals surface area contributed by atoms with Crippen LogP contribution in [0.2, 0.25) is 0 Å². The van der Waals surface area contributed by atoms with E-state index in [1.807, 2.05) is 31.2 Å². The second kappa shape index (κ2) is 8.44. The van der Waals surface area contributed by atoms with Crippen LogP contribution in [-0.2, 0) is 6.42 Å². The van der Waals surface area contributed by atoms with Crippen LogP contribution in [0.25, 0.3) is 21.7 Å². The number of para-hydroxylation sites is 1. The number of carbonyl (C=O) groups is 2. The number of aromatic amines is 1. The molecule has 5 rings (SSSR count). The van der Waals surface area contributed by atoms with E-state index in [1.54, 1.807) is 54.7 Å². The molecule has 0 spiro atoms. The van der Waals surface area contributed by atoms with Crippen LogP contribution in [0.3, 0.4) is 0 Å². The molecule has 1 atom stereocenters. The van der Waals surface area contributed by atoms with Crippen molar-refractivity contribution < 1.29 is 14.7 Å². The van der Waals surface area contributed by atoms with Gasteiger partial charge in [0, 0.05) is 28.0 Å². The van der Waals surface area contributed by atoms with Crippen molar-refractivity contribution in [3.63, 3.8) is 0 Å². The van der Waals surface area contributed by atoms with Gasteiger partial charge in [0.2, 0.25) is 0 Å². The number of aromatic carboxylic acids is 1. The molecule has 2 N–H and O–H groups in total. The minimum atomic E-state index is -1.27. The zero-order valence-electron chi connectivity index (χ0n) is 18.4. The molecular formula is C27H21N3O4. The summed E-state index contributed by atoms with van der Waals surface area (Å²) in [4.78, 5) is 42.7. The van der Waals surface area contributed by atoms with Crippen molar-refractivity contribution >= 4 is 33.4 Å². The fraction of sp³-hybridized carbons (Fsp3) is 0.111. The summed E-state index contributed by atoms with van der Waals surface area (Å²) in [7, 11) is 0. The Morgan fingerprint density at radius 2 is 1.62 bits per heavy atom. The highest BCUT2D eigenvalue weighted by atomic mass is 16.4. The van der Waals surface area contributed by atoms with Crippen molar-refractivity contribution in [1.29, 1.82) is 0 Å². The van der Waals surface area contributed by atoms with Gasteiger partial charge in [-0.25, -0.2) is 9.48 Å². The number of nitrogens with one attached hydrogen (secondary N) is 1. The molecule has 0 amide bonds. The third-order valence-corrected chi connectivity index (χ3v) is 6.09. The van der Waals surface area contributed by atoms with Crippen LogP contribution in [0.15, 0.2) is 83.8 Å². The molecule has 0 saturated heterocycles. The first-order valence-electron chi connectivity index (χ1n) is 10.9. The maximum Gasteiger partial charge on any atom is 0.357 e. The highest BCUT2D eigenvalue weighted by Crippen LogP contribution is 2.29. The Morgan fingerprint density at radius 1 is 0.941 bits per heavy atom. The summed E-state index contributed by atoms with van der Waals surface area (Å²) in [6.45, 7) is 2.04. The van der Waals surface area contributed by atoms with E-state index in [1.165, 1.54) is 0 Å². The molecule has 7 nitrogen and oxygen atoms in total. The first-order chi connectivity index (χ1) is 16.5. The summed E-state index contributed by atoms with van der Waals surface area (Å²) in [6, 6.07) is 19.8. The SMILES string of the molecule is CCc1cccc2c(C(=O)C(c3ccccc3)n3nc(C(=O)O)c4ccccc4c3=O)c[nH]c12. The van der Waals surface area contributed by atoms with Crippen molar-refractivity contribution in [2.24, 2.45) is 0 Å². The van der Waals surface area contributed by atoms with Gasteiger partial charge in [-0.2, -0.15) is 5.10 Å². The fourth-order valence-corrected chi connectivity index (χ4v) is 4.44. The van der Waals surface area contributed by atoms with E-state index < -0.39 is 17.6 Å². The molecule has 0 fully saturated rings. The summed E-state index contributed by atoms with van der Waals surface area (Å²) in [5.41, 5.74) is 2.08. The molecule has 0 radical (unpaired) electrons. The molecule has 3 aromatic carbocycles. The lowest BCUT2D eigenvalue weighted by Gasteiger charge is -2.19. The number of carboxylic acids is 1. The monoisotopic (exact) mass is 451 g/mol. The number of carboxylic acid groups (broad SMARTS) is 1.